The Morgan fingerprint density at radius 2 is 2.47 bits per heavy atom. The minimum Gasteiger partial charge on any atom is -0.347 e. The third-order valence-electron chi connectivity index (χ3n) is 2.00. The number of amides is 1. The number of carbonyl (C=O) groups is 1. The van der Waals surface area contributed by atoms with Crippen molar-refractivity contribution in [1.82, 2.24) is 20.1 Å². The van der Waals surface area contributed by atoms with Crippen LogP contribution in [-0.4, -0.2) is 26.7 Å². The van der Waals surface area contributed by atoms with E-state index in [1.54, 1.807) is 18.1 Å². The van der Waals surface area contributed by atoms with Gasteiger partial charge in [-0.15, -0.1) is 0 Å². The fraction of sp³-hybridized carbons (Fsp3) is 0.667. The van der Waals surface area contributed by atoms with Gasteiger partial charge >= 0.3 is 0 Å². The molecule has 3 N–H and O–H groups in total. The Morgan fingerprint density at radius 1 is 1.73 bits per heavy atom. The highest BCUT2D eigenvalue weighted by atomic mass is 16.2. The summed E-state index contributed by atoms with van der Waals surface area (Å²) in [7, 11) is 1.78. The molecule has 6 heteroatoms. The van der Waals surface area contributed by atoms with Gasteiger partial charge < -0.3 is 11.1 Å². The Labute approximate surface area is 88.9 Å². The van der Waals surface area contributed by atoms with Crippen LogP contribution < -0.4 is 11.1 Å². The first-order chi connectivity index (χ1) is 7.13. The van der Waals surface area contributed by atoms with Crippen LogP contribution in [0.2, 0.25) is 0 Å². The number of hydrogen-bond acceptors (Lipinski definition) is 4. The molecule has 1 heterocycles. The zero-order valence-electron chi connectivity index (χ0n) is 9.10. The minimum atomic E-state index is -0.432. The van der Waals surface area contributed by atoms with Crippen LogP contribution in [0.3, 0.4) is 0 Å². The highest BCUT2D eigenvalue weighted by Crippen LogP contribution is 1.94. The van der Waals surface area contributed by atoms with Gasteiger partial charge in [-0.2, -0.15) is 5.10 Å². The van der Waals surface area contributed by atoms with E-state index in [2.05, 4.69) is 15.4 Å². The van der Waals surface area contributed by atoms with E-state index in [-0.39, 0.29) is 5.91 Å². The molecule has 0 saturated heterocycles. The number of rotatable bonds is 5. The molecule has 0 spiro atoms. The van der Waals surface area contributed by atoms with E-state index in [4.69, 9.17) is 5.73 Å². The second kappa shape index (κ2) is 5.45. The fourth-order valence-corrected chi connectivity index (χ4v) is 1.20. The molecule has 0 aliphatic carbocycles. The predicted octanol–water partition coefficient (Wildman–Crippen LogP) is -0.441. The maximum absolute atomic E-state index is 11.4. The van der Waals surface area contributed by atoms with Crippen LogP contribution in [0.15, 0.2) is 6.33 Å². The molecule has 0 aliphatic rings. The first-order valence-electron chi connectivity index (χ1n) is 5.01. The standard InChI is InChI=1S/C9H17N5O/c1-3-4-7(10)9(15)11-5-8-12-6-14(2)13-8/h6-7H,3-5,10H2,1-2H3,(H,11,15). The van der Waals surface area contributed by atoms with Crippen LogP contribution in [0.5, 0.6) is 0 Å². The molecule has 0 fully saturated rings. The van der Waals surface area contributed by atoms with E-state index in [0.29, 0.717) is 18.8 Å². The number of aromatic nitrogens is 3. The molecule has 1 amide bonds. The molecule has 0 aromatic carbocycles. The van der Waals surface area contributed by atoms with Gasteiger partial charge in [0.25, 0.3) is 0 Å². The molecule has 1 atom stereocenters. The Morgan fingerprint density at radius 3 is 3.00 bits per heavy atom. The first kappa shape index (κ1) is 11.6. The molecule has 1 aromatic heterocycles. The minimum absolute atomic E-state index is 0.149. The Bertz CT molecular complexity index is 322. The lowest BCUT2D eigenvalue weighted by Crippen LogP contribution is -2.40. The van der Waals surface area contributed by atoms with E-state index >= 15 is 0 Å². The molecule has 0 saturated carbocycles. The third-order valence-corrected chi connectivity index (χ3v) is 2.00. The maximum Gasteiger partial charge on any atom is 0.237 e. The second-order valence-corrected chi connectivity index (χ2v) is 3.45. The average Bonchev–Trinajstić information content (AvgIpc) is 2.61. The van der Waals surface area contributed by atoms with E-state index in [1.807, 2.05) is 6.92 Å². The van der Waals surface area contributed by atoms with E-state index < -0.39 is 6.04 Å². The molecule has 1 unspecified atom stereocenters. The second-order valence-electron chi connectivity index (χ2n) is 3.45. The lowest BCUT2D eigenvalue weighted by Gasteiger charge is -2.09. The van der Waals surface area contributed by atoms with Crippen molar-refractivity contribution in [3.8, 4) is 0 Å². The monoisotopic (exact) mass is 211 g/mol. The number of nitrogens with two attached hydrogens (primary N) is 1. The van der Waals surface area contributed by atoms with Gasteiger partial charge in [0.05, 0.1) is 12.6 Å². The van der Waals surface area contributed by atoms with Gasteiger partial charge in [-0.05, 0) is 6.42 Å². The van der Waals surface area contributed by atoms with Crippen molar-refractivity contribution >= 4 is 5.91 Å². The lowest BCUT2D eigenvalue weighted by atomic mass is 10.2. The van der Waals surface area contributed by atoms with Gasteiger partial charge in [0, 0.05) is 7.05 Å². The molecule has 84 valence electrons. The number of hydrogen-bond donors (Lipinski definition) is 2. The summed E-state index contributed by atoms with van der Waals surface area (Å²) in [4.78, 5) is 15.4. The first-order valence-corrected chi connectivity index (χ1v) is 5.01. The Hall–Kier alpha value is -1.43. The normalized spacial score (nSPS) is 12.5. The predicted molar refractivity (Wildman–Crippen MR) is 55.7 cm³/mol. The number of carbonyl (C=O) groups excluding carboxylic acids is 1. The van der Waals surface area contributed by atoms with Crippen molar-refractivity contribution in [2.45, 2.75) is 32.4 Å². The number of aryl methyl sites for hydroxylation is 1. The maximum atomic E-state index is 11.4. The zero-order valence-corrected chi connectivity index (χ0v) is 9.10. The summed E-state index contributed by atoms with van der Waals surface area (Å²) >= 11 is 0. The zero-order chi connectivity index (χ0) is 11.3. The van der Waals surface area contributed by atoms with Crippen LogP contribution in [-0.2, 0) is 18.4 Å². The molecule has 1 rings (SSSR count). The lowest BCUT2D eigenvalue weighted by molar-refractivity contribution is -0.122. The molecule has 0 radical (unpaired) electrons. The van der Waals surface area contributed by atoms with Gasteiger partial charge in [0.2, 0.25) is 5.91 Å². The summed E-state index contributed by atoms with van der Waals surface area (Å²) in [6, 6.07) is -0.432. The van der Waals surface area contributed by atoms with Crippen LogP contribution in [0.25, 0.3) is 0 Å². The molecule has 0 bridgehead atoms. The number of nitrogens with one attached hydrogen (secondary N) is 1. The third kappa shape index (κ3) is 3.67. The van der Waals surface area contributed by atoms with E-state index in [9.17, 15) is 4.79 Å². The van der Waals surface area contributed by atoms with Crippen LogP contribution in [0.4, 0.5) is 0 Å². The van der Waals surface area contributed by atoms with Gasteiger partial charge in [-0.25, -0.2) is 4.98 Å². The van der Waals surface area contributed by atoms with E-state index in [0.717, 1.165) is 6.42 Å². The van der Waals surface area contributed by atoms with E-state index in [1.165, 1.54) is 0 Å². The summed E-state index contributed by atoms with van der Waals surface area (Å²) in [6.45, 7) is 2.32. The van der Waals surface area contributed by atoms with Gasteiger partial charge in [0.15, 0.2) is 5.82 Å². The van der Waals surface area contributed by atoms with Crippen molar-refractivity contribution in [2.75, 3.05) is 0 Å². The Kier molecular flexibility index (Phi) is 4.23. The summed E-state index contributed by atoms with van der Waals surface area (Å²) in [5, 5.41) is 6.73. The molecule has 0 aliphatic heterocycles. The summed E-state index contributed by atoms with van der Waals surface area (Å²) < 4.78 is 1.59. The molecular weight excluding hydrogens is 194 g/mol. The number of nitrogens with zero attached hydrogens (tertiary/aromatic N) is 3. The molecule has 15 heavy (non-hydrogen) atoms. The molecular formula is C9H17N5O. The van der Waals surface area contributed by atoms with Gasteiger partial charge in [0.1, 0.15) is 6.33 Å². The fourth-order valence-electron chi connectivity index (χ4n) is 1.20. The molecule has 6 nitrogen and oxygen atoms in total. The van der Waals surface area contributed by atoms with Gasteiger partial charge in [-0.3, -0.25) is 9.48 Å². The Balaban J connectivity index is 2.34. The topological polar surface area (TPSA) is 85.8 Å². The smallest absolute Gasteiger partial charge is 0.237 e. The quantitative estimate of drug-likeness (QED) is 0.691. The highest BCUT2D eigenvalue weighted by molar-refractivity contribution is 5.81. The summed E-state index contributed by atoms with van der Waals surface area (Å²) in [6.07, 6.45) is 3.19. The van der Waals surface area contributed by atoms with Crippen molar-refractivity contribution in [2.24, 2.45) is 12.8 Å². The van der Waals surface area contributed by atoms with Crippen molar-refractivity contribution in [1.29, 1.82) is 0 Å². The van der Waals surface area contributed by atoms with Gasteiger partial charge in [-0.1, -0.05) is 13.3 Å². The van der Waals surface area contributed by atoms with Crippen molar-refractivity contribution < 1.29 is 4.79 Å². The van der Waals surface area contributed by atoms with Crippen LogP contribution >= 0.6 is 0 Å². The summed E-state index contributed by atoms with van der Waals surface area (Å²) in [5.41, 5.74) is 5.64. The van der Waals surface area contributed by atoms with Crippen LogP contribution in [0, 0.1) is 0 Å². The SMILES string of the molecule is CCCC(N)C(=O)NCc1ncn(C)n1. The highest BCUT2D eigenvalue weighted by Gasteiger charge is 2.12. The van der Waals surface area contributed by atoms with Crippen molar-refractivity contribution in [3.63, 3.8) is 0 Å². The largest absolute Gasteiger partial charge is 0.347 e. The summed E-state index contributed by atoms with van der Waals surface area (Å²) in [5.74, 6) is 0.443. The van der Waals surface area contributed by atoms with Crippen LogP contribution in [0.1, 0.15) is 25.6 Å². The molecule has 1 aromatic rings. The average molecular weight is 211 g/mol. The van der Waals surface area contributed by atoms with Crippen molar-refractivity contribution in [3.05, 3.63) is 12.2 Å².